The molecule has 0 aliphatic heterocycles. The molecule has 2 rings (SSSR count). The summed E-state index contributed by atoms with van der Waals surface area (Å²) in [6.07, 6.45) is 11.4. The molecule has 0 heterocycles. The average Bonchev–Trinajstić information content (AvgIpc) is 3.08. The lowest BCUT2D eigenvalue weighted by Gasteiger charge is -2.26. The number of hydrogen-bond acceptors (Lipinski definition) is 2. The quantitative estimate of drug-likeness (QED) is 0.701. The maximum Gasteiger partial charge on any atom is 0.0728 e. The molecule has 1 N–H and O–H groups in total. The Morgan fingerprint density at radius 2 is 1.88 bits per heavy atom. The van der Waals surface area contributed by atoms with Gasteiger partial charge in [-0.3, -0.25) is 0 Å². The molecule has 0 spiro atoms. The van der Waals surface area contributed by atoms with Crippen LogP contribution in [0, 0.1) is 5.92 Å². The maximum absolute atomic E-state index is 6.12. The van der Waals surface area contributed by atoms with E-state index in [0.717, 1.165) is 19.1 Å². The van der Waals surface area contributed by atoms with Gasteiger partial charge >= 0.3 is 0 Å². The molecule has 2 atom stereocenters. The third-order valence-corrected chi connectivity index (χ3v) is 3.97. The van der Waals surface area contributed by atoms with Crippen LogP contribution in [0.25, 0.3) is 0 Å². The van der Waals surface area contributed by atoms with Crippen molar-refractivity contribution >= 4 is 0 Å². The third-order valence-electron chi connectivity index (χ3n) is 3.97. The van der Waals surface area contributed by atoms with Crippen molar-refractivity contribution in [2.45, 2.75) is 70.4 Å². The van der Waals surface area contributed by atoms with Crippen LogP contribution in [0.3, 0.4) is 0 Å². The van der Waals surface area contributed by atoms with Gasteiger partial charge in [0.25, 0.3) is 0 Å². The topological polar surface area (TPSA) is 21.3 Å². The van der Waals surface area contributed by atoms with Crippen LogP contribution in [-0.2, 0) is 4.74 Å². The molecule has 2 unspecified atom stereocenters. The molecule has 16 heavy (non-hydrogen) atoms. The molecule has 0 aromatic carbocycles. The highest BCUT2D eigenvalue weighted by Crippen LogP contribution is 2.32. The normalized spacial score (nSPS) is 31.3. The number of ether oxygens (including phenoxy) is 1. The van der Waals surface area contributed by atoms with E-state index in [1.807, 2.05) is 0 Å². The second-order valence-electron chi connectivity index (χ2n) is 5.44. The zero-order valence-electron chi connectivity index (χ0n) is 10.7. The Kier molecular flexibility index (Phi) is 5.11. The maximum atomic E-state index is 6.12. The first-order valence-electron chi connectivity index (χ1n) is 7.25. The molecule has 2 aliphatic rings. The van der Waals surface area contributed by atoms with Crippen LogP contribution in [0.15, 0.2) is 0 Å². The van der Waals surface area contributed by atoms with Gasteiger partial charge in [-0.25, -0.2) is 0 Å². The summed E-state index contributed by atoms with van der Waals surface area (Å²) >= 11 is 0. The van der Waals surface area contributed by atoms with Crippen molar-refractivity contribution in [2.75, 3.05) is 13.2 Å². The van der Waals surface area contributed by atoms with Crippen LogP contribution in [0.2, 0.25) is 0 Å². The number of nitrogens with one attached hydrogen (secondary N) is 1. The van der Waals surface area contributed by atoms with E-state index in [-0.39, 0.29) is 0 Å². The Morgan fingerprint density at radius 1 is 1.06 bits per heavy atom. The molecule has 0 bridgehead atoms. The summed E-state index contributed by atoms with van der Waals surface area (Å²) < 4.78 is 6.12. The molecule has 2 heteroatoms. The molecule has 0 amide bonds. The van der Waals surface area contributed by atoms with E-state index in [4.69, 9.17) is 4.74 Å². The minimum absolute atomic E-state index is 0.487. The van der Waals surface area contributed by atoms with Crippen molar-refractivity contribution in [2.24, 2.45) is 5.92 Å². The molecule has 2 saturated carbocycles. The largest absolute Gasteiger partial charge is 0.377 e. The van der Waals surface area contributed by atoms with Crippen molar-refractivity contribution in [3.8, 4) is 0 Å². The molecule has 0 radical (unpaired) electrons. The smallest absolute Gasteiger partial charge is 0.0728 e. The standard InChI is InChI=1S/C14H27NO/c1-2-15-13-6-4-3-5-7-14(13)16-11-10-12-8-9-12/h12-15H,2-11H2,1H3. The summed E-state index contributed by atoms with van der Waals surface area (Å²) in [7, 11) is 0. The average molecular weight is 225 g/mol. The van der Waals surface area contributed by atoms with Crippen molar-refractivity contribution in [3.63, 3.8) is 0 Å². The lowest BCUT2D eigenvalue weighted by molar-refractivity contribution is 0.0194. The summed E-state index contributed by atoms with van der Waals surface area (Å²) in [4.78, 5) is 0. The number of rotatable bonds is 6. The minimum atomic E-state index is 0.487. The fraction of sp³-hybridized carbons (Fsp3) is 1.00. The molecule has 0 aromatic heterocycles. The van der Waals surface area contributed by atoms with Crippen LogP contribution in [0.1, 0.15) is 58.3 Å². The predicted molar refractivity (Wildman–Crippen MR) is 67.6 cm³/mol. The summed E-state index contributed by atoms with van der Waals surface area (Å²) in [5.74, 6) is 1.00. The zero-order valence-corrected chi connectivity index (χ0v) is 10.7. The number of hydrogen-bond donors (Lipinski definition) is 1. The van der Waals surface area contributed by atoms with E-state index in [0.29, 0.717) is 12.1 Å². The first-order valence-corrected chi connectivity index (χ1v) is 7.25. The Labute approximate surface area is 100 Å². The van der Waals surface area contributed by atoms with Gasteiger partial charge in [0.1, 0.15) is 0 Å². The molecule has 2 aliphatic carbocycles. The fourth-order valence-electron chi connectivity index (χ4n) is 2.76. The van der Waals surface area contributed by atoms with Crippen molar-refractivity contribution in [1.82, 2.24) is 5.32 Å². The highest BCUT2D eigenvalue weighted by Gasteiger charge is 2.25. The Hall–Kier alpha value is -0.0800. The van der Waals surface area contributed by atoms with Crippen molar-refractivity contribution in [3.05, 3.63) is 0 Å². The highest BCUT2D eigenvalue weighted by atomic mass is 16.5. The molecular formula is C14H27NO. The van der Waals surface area contributed by atoms with Crippen LogP contribution < -0.4 is 5.32 Å². The van der Waals surface area contributed by atoms with Crippen molar-refractivity contribution < 1.29 is 4.74 Å². The van der Waals surface area contributed by atoms with Gasteiger partial charge in [-0.2, -0.15) is 0 Å². The molecule has 2 fully saturated rings. The lowest BCUT2D eigenvalue weighted by atomic mass is 10.1. The first-order chi connectivity index (χ1) is 7.90. The lowest BCUT2D eigenvalue weighted by Crippen LogP contribution is -2.40. The molecular weight excluding hydrogens is 198 g/mol. The Bertz CT molecular complexity index is 191. The van der Waals surface area contributed by atoms with Gasteiger partial charge < -0.3 is 10.1 Å². The molecule has 0 saturated heterocycles. The minimum Gasteiger partial charge on any atom is -0.377 e. The number of likely N-dealkylation sites (N-methyl/N-ethyl adjacent to an activating group) is 1. The van der Waals surface area contributed by atoms with Gasteiger partial charge in [0.15, 0.2) is 0 Å². The van der Waals surface area contributed by atoms with Crippen LogP contribution >= 0.6 is 0 Å². The highest BCUT2D eigenvalue weighted by molar-refractivity contribution is 4.80. The van der Waals surface area contributed by atoms with E-state index in [1.165, 1.54) is 51.4 Å². The summed E-state index contributed by atoms with van der Waals surface area (Å²) in [5.41, 5.74) is 0. The Morgan fingerprint density at radius 3 is 2.62 bits per heavy atom. The van der Waals surface area contributed by atoms with Gasteiger partial charge in [-0.1, -0.05) is 39.0 Å². The van der Waals surface area contributed by atoms with Gasteiger partial charge in [0.2, 0.25) is 0 Å². The second kappa shape index (κ2) is 6.61. The van der Waals surface area contributed by atoms with Gasteiger partial charge in [-0.15, -0.1) is 0 Å². The molecule has 2 nitrogen and oxygen atoms in total. The molecule has 94 valence electrons. The third kappa shape index (κ3) is 4.06. The Balaban J connectivity index is 1.71. The molecule has 0 aromatic rings. The summed E-state index contributed by atoms with van der Waals surface area (Å²) in [6.45, 7) is 4.27. The van der Waals surface area contributed by atoms with Gasteiger partial charge in [0, 0.05) is 12.6 Å². The summed E-state index contributed by atoms with van der Waals surface area (Å²) in [5, 5.41) is 3.60. The first kappa shape index (κ1) is 12.4. The SMILES string of the molecule is CCNC1CCCCCC1OCCC1CC1. The zero-order chi connectivity index (χ0) is 11.2. The van der Waals surface area contributed by atoms with E-state index < -0.39 is 0 Å². The van der Waals surface area contributed by atoms with E-state index in [2.05, 4.69) is 12.2 Å². The van der Waals surface area contributed by atoms with Crippen molar-refractivity contribution in [1.29, 1.82) is 0 Å². The monoisotopic (exact) mass is 225 g/mol. The van der Waals surface area contributed by atoms with Crippen LogP contribution in [-0.4, -0.2) is 25.3 Å². The van der Waals surface area contributed by atoms with Gasteiger partial charge in [0.05, 0.1) is 6.10 Å². The van der Waals surface area contributed by atoms with Crippen LogP contribution in [0.5, 0.6) is 0 Å². The van der Waals surface area contributed by atoms with Crippen LogP contribution in [0.4, 0.5) is 0 Å². The van der Waals surface area contributed by atoms with E-state index in [1.54, 1.807) is 0 Å². The van der Waals surface area contributed by atoms with E-state index >= 15 is 0 Å². The van der Waals surface area contributed by atoms with Gasteiger partial charge in [-0.05, 0) is 31.7 Å². The second-order valence-corrected chi connectivity index (χ2v) is 5.44. The summed E-state index contributed by atoms with van der Waals surface area (Å²) in [6, 6.07) is 0.617. The van der Waals surface area contributed by atoms with E-state index in [9.17, 15) is 0 Å². The predicted octanol–water partition coefficient (Wildman–Crippen LogP) is 3.11. The fourth-order valence-corrected chi connectivity index (χ4v) is 2.76.